The van der Waals surface area contributed by atoms with E-state index in [9.17, 15) is 0 Å². The number of aromatic nitrogens is 1. The Morgan fingerprint density at radius 3 is 2.89 bits per heavy atom. The maximum Gasteiger partial charge on any atom is 0.0482 e. The van der Waals surface area contributed by atoms with Gasteiger partial charge in [0.25, 0.3) is 0 Å². The van der Waals surface area contributed by atoms with Crippen molar-refractivity contribution in [3.05, 3.63) is 29.6 Å². The van der Waals surface area contributed by atoms with Crippen molar-refractivity contribution in [2.45, 2.75) is 45.1 Å². The van der Waals surface area contributed by atoms with Gasteiger partial charge in [0.2, 0.25) is 0 Å². The summed E-state index contributed by atoms with van der Waals surface area (Å²) in [5.41, 5.74) is 2.79. The first-order valence-electron chi connectivity index (χ1n) is 7.63. The first-order valence-corrected chi connectivity index (χ1v) is 7.63. The van der Waals surface area contributed by atoms with Crippen LogP contribution in [0, 0.1) is 0 Å². The molecular formula is C16H27N3. The van der Waals surface area contributed by atoms with Crippen LogP contribution in [-0.2, 0) is 6.42 Å². The van der Waals surface area contributed by atoms with Crippen molar-refractivity contribution in [1.29, 1.82) is 0 Å². The molecule has 0 aliphatic heterocycles. The summed E-state index contributed by atoms with van der Waals surface area (Å²) < 4.78 is 0. The third-order valence-corrected chi connectivity index (χ3v) is 4.51. The van der Waals surface area contributed by atoms with Gasteiger partial charge in [-0.2, -0.15) is 0 Å². The summed E-state index contributed by atoms with van der Waals surface area (Å²) in [7, 11) is 2.09. The third kappa shape index (κ3) is 3.34. The van der Waals surface area contributed by atoms with Gasteiger partial charge in [-0.15, -0.1) is 0 Å². The molecule has 0 bridgehead atoms. The molecule has 2 rings (SSSR count). The second-order valence-corrected chi connectivity index (χ2v) is 5.40. The topological polar surface area (TPSA) is 28.2 Å². The summed E-state index contributed by atoms with van der Waals surface area (Å²) in [5.74, 6) is 0.594. The van der Waals surface area contributed by atoms with Gasteiger partial charge in [-0.1, -0.05) is 19.9 Å². The molecule has 2 unspecified atom stereocenters. The smallest absolute Gasteiger partial charge is 0.0482 e. The van der Waals surface area contributed by atoms with Gasteiger partial charge in [-0.3, -0.25) is 4.98 Å². The maximum absolute atomic E-state index is 4.62. The summed E-state index contributed by atoms with van der Waals surface area (Å²) in [6.45, 7) is 7.95. The Morgan fingerprint density at radius 2 is 2.21 bits per heavy atom. The zero-order chi connectivity index (χ0) is 13.7. The van der Waals surface area contributed by atoms with E-state index >= 15 is 0 Å². The highest BCUT2D eigenvalue weighted by Gasteiger charge is 2.29. The summed E-state index contributed by atoms with van der Waals surface area (Å²) in [6.07, 6.45) is 5.58. The van der Waals surface area contributed by atoms with Gasteiger partial charge in [0.15, 0.2) is 0 Å². The Hall–Kier alpha value is -0.930. The second kappa shape index (κ2) is 7.01. The van der Waals surface area contributed by atoms with Crippen LogP contribution in [0.4, 0.5) is 0 Å². The molecule has 3 heteroatoms. The summed E-state index contributed by atoms with van der Waals surface area (Å²) >= 11 is 0. The van der Waals surface area contributed by atoms with Gasteiger partial charge in [-0.25, -0.2) is 0 Å². The molecule has 1 heterocycles. The van der Waals surface area contributed by atoms with E-state index in [1.807, 2.05) is 6.20 Å². The van der Waals surface area contributed by atoms with E-state index in [1.165, 1.54) is 37.1 Å². The molecule has 1 aliphatic rings. The Bertz CT molecular complexity index is 387. The molecule has 1 aromatic rings. The van der Waals surface area contributed by atoms with Gasteiger partial charge in [-0.05, 0) is 57.6 Å². The fourth-order valence-electron chi connectivity index (χ4n) is 3.24. The van der Waals surface area contributed by atoms with Crippen molar-refractivity contribution in [2.75, 3.05) is 26.7 Å². The molecule has 0 saturated heterocycles. The Morgan fingerprint density at radius 1 is 1.42 bits per heavy atom. The van der Waals surface area contributed by atoms with Crippen LogP contribution in [0.15, 0.2) is 18.3 Å². The van der Waals surface area contributed by atoms with Crippen LogP contribution in [0.25, 0.3) is 0 Å². The number of hydrogen-bond donors (Lipinski definition) is 1. The number of rotatable bonds is 7. The van der Waals surface area contributed by atoms with E-state index in [1.54, 1.807) is 0 Å². The minimum absolute atomic E-state index is 0.553. The lowest BCUT2D eigenvalue weighted by molar-refractivity contribution is 0.273. The maximum atomic E-state index is 4.62. The molecule has 2 atom stereocenters. The fourth-order valence-corrected chi connectivity index (χ4v) is 3.24. The summed E-state index contributed by atoms with van der Waals surface area (Å²) in [5, 5.41) is 3.52. The van der Waals surface area contributed by atoms with Gasteiger partial charge in [0.05, 0.1) is 0 Å². The van der Waals surface area contributed by atoms with Gasteiger partial charge < -0.3 is 10.2 Å². The third-order valence-electron chi connectivity index (χ3n) is 4.51. The highest BCUT2D eigenvalue weighted by Crippen LogP contribution is 2.34. The second-order valence-electron chi connectivity index (χ2n) is 5.40. The Kier molecular flexibility index (Phi) is 5.34. The normalized spacial score (nSPS) is 19.7. The number of nitrogens with zero attached hydrogens (tertiary/aromatic N) is 2. The molecule has 0 aromatic carbocycles. The van der Waals surface area contributed by atoms with Crippen molar-refractivity contribution in [3.8, 4) is 0 Å². The Balaban J connectivity index is 1.99. The first kappa shape index (κ1) is 14.5. The first-order chi connectivity index (χ1) is 9.30. The number of aryl methyl sites for hydroxylation is 1. The predicted molar refractivity (Wildman–Crippen MR) is 80.6 cm³/mol. The van der Waals surface area contributed by atoms with Gasteiger partial charge in [0.1, 0.15) is 0 Å². The van der Waals surface area contributed by atoms with E-state index in [4.69, 9.17) is 0 Å². The van der Waals surface area contributed by atoms with Crippen LogP contribution < -0.4 is 5.32 Å². The number of pyridine rings is 1. The molecular weight excluding hydrogens is 234 g/mol. The average Bonchev–Trinajstić information content (AvgIpc) is 2.88. The summed E-state index contributed by atoms with van der Waals surface area (Å²) in [4.78, 5) is 7.12. The van der Waals surface area contributed by atoms with E-state index < -0.39 is 0 Å². The lowest BCUT2D eigenvalue weighted by atomic mass is 9.94. The van der Waals surface area contributed by atoms with E-state index in [2.05, 4.69) is 48.2 Å². The number of hydrogen-bond acceptors (Lipinski definition) is 3. The highest BCUT2D eigenvalue weighted by molar-refractivity contribution is 5.29. The number of nitrogens with one attached hydrogen (secondary N) is 1. The van der Waals surface area contributed by atoms with Gasteiger partial charge >= 0.3 is 0 Å². The molecule has 0 fully saturated rings. The van der Waals surface area contributed by atoms with E-state index in [-0.39, 0.29) is 0 Å². The lowest BCUT2D eigenvalue weighted by Gasteiger charge is -2.26. The molecule has 0 radical (unpaired) electrons. The van der Waals surface area contributed by atoms with E-state index in [0.717, 1.165) is 13.1 Å². The number of fused-ring (bicyclic) bond motifs is 1. The molecule has 1 N–H and O–H groups in total. The monoisotopic (exact) mass is 261 g/mol. The van der Waals surface area contributed by atoms with E-state index in [0.29, 0.717) is 12.0 Å². The lowest BCUT2D eigenvalue weighted by Crippen LogP contribution is -2.36. The van der Waals surface area contributed by atoms with Crippen molar-refractivity contribution < 1.29 is 0 Å². The summed E-state index contributed by atoms with van der Waals surface area (Å²) in [6, 6.07) is 4.85. The Labute approximate surface area is 117 Å². The average molecular weight is 261 g/mol. The quantitative estimate of drug-likeness (QED) is 0.817. The van der Waals surface area contributed by atoms with Crippen LogP contribution in [0.3, 0.4) is 0 Å². The minimum atomic E-state index is 0.553. The molecule has 19 heavy (non-hydrogen) atoms. The largest absolute Gasteiger partial charge is 0.316 e. The van der Waals surface area contributed by atoms with Crippen molar-refractivity contribution in [3.63, 3.8) is 0 Å². The molecule has 0 spiro atoms. The van der Waals surface area contributed by atoms with Crippen LogP contribution >= 0.6 is 0 Å². The van der Waals surface area contributed by atoms with Crippen LogP contribution in [0.2, 0.25) is 0 Å². The molecule has 106 valence electrons. The zero-order valence-corrected chi connectivity index (χ0v) is 12.5. The SMILES string of the molecule is CCN(CC)CCC(NC)C1CCc2cccnc21. The molecule has 1 aliphatic carbocycles. The molecule has 0 amide bonds. The number of likely N-dealkylation sites (N-methyl/N-ethyl adjacent to an activating group) is 1. The highest BCUT2D eigenvalue weighted by atomic mass is 15.1. The van der Waals surface area contributed by atoms with Crippen molar-refractivity contribution in [1.82, 2.24) is 15.2 Å². The predicted octanol–water partition coefficient (Wildman–Crippen LogP) is 2.43. The van der Waals surface area contributed by atoms with Crippen LogP contribution in [0.1, 0.15) is 43.9 Å². The molecule has 1 aromatic heterocycles. The van der Waals surface area contributed by atoms with Gasteiger partial charge in [0, 0.05) is 23.9 Å². The zero-order valence-electron chi connectivity index (χ0n) is 12.5. The molecule has 3 nitrogen and oxygen atoms in total. The van der Waals surface area contributed by atoms with Crippen LogP contribution in [0.5, 0.6) is 0 Å². The van der Waals surface area contributed by atoms with Crippen molar-refractivity contribution >= 4 is 0 Å². The standard InChI is InChI=1S/C16H27N3/c1-4-19(5-2)12-10-15(17-3)14-9-8-13-7-6-11-18-16(13)14/h6-7,11,14-15,17H,4-5,8-10,12H2,1-3H3. The van der Waals surface area contributed by atoms with Crippen LogP contribution in [-0.4, -0.2) is 42.6 Å². The fraction of sp³-hybridized carbons (Fsp3) is 0.688. The minimum Gasteiger partial charge on any atom is -0.316 e. The molecule has 0 saturated carbocycles. The van der Waals surface area contributed by atoms with Crippen molar-refractivity contribution in [2.24, 2.45) is 0 Å².